The van der Waals surface area contributed by atoms with Gasteiger partial charge >= 0.3 is 6.03 Å². The second kappa shape index (κ2) is 8.24. The van der Waals surface area contributed by atoms with Crippen molar-refractivity contribution in [1.82, 2.24) is 14.9 Å². The molecule has 3 N–H and O–H groups in total. The molecule has 1 aliphatic rings. The Bertz CT molecular complexity index is 980. The number of carbonyl (C=O) groups excluding carboxylic acids is 2. The summed E-state index contributed by atoms with van der Waals surface area (Å²) in [6, 6.07) is -0.888. The van der Waals surface area contributed by atoms with Gasteiger partial charge in [0.05, 0.1) is 10.6 Å². The van der Waals surface area contributed by atoms with Crippen LogP contribution >= 0.6 is 23.1 Å². The van der Waals surface area contributed by atoms with Crippen LogP contribution in [0.25, 0.3) is 10.2 Å². The Morgan fingerprint density at radius 3 is 2.75 bits per heavy atom. The Morgan fingerprint density at radius 2 is 2.11 bits per heavy atom. The molecular formula is C19H26N4O3S2. The van der Waals surface area contributed by atoms with Crippen molar-refractivity contribution >= 4 is 45.3 Å². The number of urea groups is 1. The molecule has 9 heteroatoms. The van der Waals surface area contributed by atoms with Crippen molar-refractivity contribution in [3.63, 3.8) is 0 Å². The van der Waals surface area contributed by atoms with E-state index in [1.807, 2.05) is 13.8 Å². The summed E-state index contributed by atoms with van der Waals surface area (Å²) in [5, 5.41) is 2.73. The van der Waals surface area contributed by atoms with Gasteiger partial charge in [-0.3, -0.25) is 19.5 Å². The summed E-state index contributed by atoms with van der Waals surface area (Å²) in [5.41, 5.74) is 6.16. The van der Waals surface area contributed by atoms with E-state index in [1.54, 1.807) is 22.8 Å². The molecule has 2 aromatic rings. The molecule has 7 nitrogen and oxygen atoms in total. The van der Waals surface area contributed by atoms with Gasteiger partial charge < -0.3 is 5.73 Å². The second-order valence-corrected chi connectivity index (χ2v) is 10.2. The quantitative estimate of drug-likeness (QED) is 0.569. The number of primary amides is 1. The fourth-order valence-corrected chi connectivity index (χ4v) is 5.80. The Balaban J connectivity index is 2.07. The third-order valence-electron chi connectivity index (χ3n) is 4.83. The summed E-state index contributed by atoms with van der Waals surface area (Å²) < 4.78 is 1.68. The number of aromatic nitrogens is 2. The van der Waals surface area contributed by atoms with Gasteiger partial charge in [-0.25, -0.2) is 9.78 Å². The van der Waals surface area contributed by atoms with E-state index in [0.717, 1.165) is 35.0 Å². The molecule has 0 unspecified atom stereocenters. The van der Waals surface area contributed by atoms with Crippen molar-refractivity contribution in [2.45, 2.75) is 63.9 Å². The first-order chi connectivity index (χ1) is 13.2. The lowest BCUT2D eigenvalue weighted by atomic mass is 9.89. The molecule has 3 amide bonds. The van der Waals surface area contributed by atoms with Crippen LogP contribution in [0, 0.1) is 11.8 Å². The minimum atomic E-state index is -0.888. The molecule has 0 saturated heterocycles. The van der Waals surface area contributed by atoms with Gasteiger partial charge in [0.25, 0.3) is 5.56 Å². The van der Waals surface area contributed by atoms with Crippen LogP contribution in [-0.2, 0) is 24.2 Å². The Kier molecular flexibility index (Phi) is 6.14. The van der Waals surface area contributed by atoms with E-state index in [2.05, 4.69) is 12.2 Å². The number of nitrogens with one attached hydrogen (secondary N) is 1. The lowest BCUT2D eigenvalue weighted by Crippen LogP contribution is -2.39. The molecule has 2 atom stereocenters. The molecule has 152 valence electrons. The number of hydrogen-bond acceptors (Lipinski definition) is 6. The number of amides is 3. The molecule has 3 rings (SSSR count). The standard InChI is InChI=1S/C19H26N4O3S2/c1-9(2)8-23-17(25)14-12-6-5-10(3)7-13(12)28-16(14)22-19(23)27-11(4)15(24)21-18(20)26/h9-11H,5-8H2,1-4H3,(H3,20,21,24,26)/t10-,11-/m1/s1. The van der Waals surface area contributed by atoms with Crippen molar-refractivity contribution in [2.24, 2.45) is 17.6 Å². The number of rotatable bonds is 5. The summed E-state index contributed by atoms with van der Waals surface area (Å²) in [5.74, 6) is 0.368. The molecule has 1 aliphatic carbocycles. The molecule has 0 spiro atoms. The van der Waals surface area contributed by atoms with E-state index in [4.69, 9.17) is 10.7 Å². The number of nitrogens with two attached hydrogens (primary N) is 1. The number of thioether (sulfide) groups is 1. The summed E-state index contributed by atoms with van der Waals surface area (Å²) in [6.07, 6.45) is 2.99. The summed E-state index contributed by atoms with van der Waals surface area (Å²) in [4.78, 5) is 43.2. The van der Waals surface area contributed by atoms with E-state index >= 15 is 0 Å². The molecule has 0 radical (unpaired) electrons. The van der Waals surface area contributed by atoms with Gasteiger partial charge in [-0.1, -0.05) is 32.5 Å². The third-order valence-corrected chi connectivity index (χ3v) is 7.06. The summed E-state index contributed by atoms with van der Waals surface area (Å²) in [7, 11) is 0. The highest BCUT2D eigenvalue weighted by molar-refractivity contribution is 8.00. The number of hydrogen-bond donors (Lipinski definition) is 2. The van der Waals surface area contributed by atoms with E-state index < -0.39 is 17.2 Å². The van der Waals surface area contributed by atoms with E-state index in [-0.39, 0.29) is 11.5 Å². The molecule has 2 aromatic heterocycles. The summed E-state index contributed by atoms with van der Waals surface area (Å²) in [6.45, 7) is 8.51. The van der Waals surface area contributed by atoms with Crippen LogP contribution in [0.4, 0.5) is 4.79 Å². The number of imide groups is 1. The smallest absolute Gasteiger partial charge is 0.318 e. The van der Waals surface area contributed by atoms with Crippen LogP contribution in [0.15, 0.2) is 9.95 Å². The minimum Gasteiger partial charge on any atom is -0.351 e. The highest BCUT2D eigenvalue weighted by Crippen LogP contribution is 2.37. The number of nitrogens with zero attached hydrogens (tertiary/aromatic N) is 2. The molecule has 28 heavy (non-hydrogen) atoms. The predicted octanol–water partition coefficient (Wildman–Crippen LogP) is 2.91. The Morgan fingerprint density at radius 1 is 1.39 bits per heavy atom. The zero-order valence-electron chi connectivity index (χ0n) is 16.6. The molecule has 0 fully saturated rings. The van der Waals surface area contributed by atoms with Gasteiger partial charge in [0.1, 0.15) is 4.83 Å². The maximum atomic E-state index is 13.4. The zero-order chi connectivity index (χ0) is 20.6. The number of carbonyl (C=O) groups is 2. The van der Waals surface area contributed by atoms with Crippen LogP contribution in [-0.4, -0.2) is 26.7 Å². The van der Waals surface area contributed by atoms with Crippen molar-refractivity contribution in [2.75, 3.05) is 0 Å². The highest BCUT2D eigenvalue weighted by Gasteiger charge is 2.26. The lowest BCUT2D eigenvalue weighted by Gasteiger charge is -2.18. The third kappa shape index (κ3) is 4.25. The van der Waals surface area contributed by atoms with Crippen molar-refractivity contribution in [3.8, 4) is 0 Å². The van der Waals surface area contributed by atoms with Crippen molar-refractivity contribution in [1.29, 1.82) is 0 Å². The van der Waals surface area contributed by atoms with E-state index in [0.29, 0.717) is 17.6 Å². The normalized spacial score (nSPS) is 17.5. The van der Waals surface area contributed by atoms with Gasteiger partial charge in [0.2, 0.25) is 5.91 Å². The second-order valence-electron chi connectivity index (χ2n) is 7.85. The van der Waals surface area contributed by atoms with Gasteiger partial charge in [0, 0.05) is 11.4 Å². The Hall–Kier alpha value is -1.87. The van der Waals surface area contributed by atoms with Crippen LogP contribution in [0.2, 0.25) is 0 Å². The van der Waals surface area contributed by atoms with Crippen molar-refractivity contribution in [3.05, 3.63) is 20.8 Å². The van der Waals surface area contributed by atoms with E-state index in [1.165, 1.54) is 16.6 Å². The first-order valence-electron chi connectivity index (χ1n) is 9.49. The van der Waals surface area contributed by atoms with Crippen LogP contribution < -0.4 is 16.6 Å². The average molecular weight is 423 g/mol. The van der Waals surface area contributed by atoms with Gasteiger partial charge in [-0.2, -0.15) is 0 Å². The maximum Gasteiger partial charge on any atom is 0.318 e. The van der Waals surface area contributed by atoms with Gasteiger partial charge in [-0.05, 0) is 43.6 Å². The lowest BCUT2D eigenvalue weighted by molar-refractivity contribution is -0.119. The highest BCUT2D eigenvalue weighted by atomic mass is 32.2. The van der Waals surface area contributed by atoms with Crippen LogP contribution in [0.5, 0.6) is 0 Å². The number of fused-ring (bicyclic) bond motifs is 3. The fraction of sp³-hybridized carbons (Fsp3) is 0.579. The molecule has 2 heterocycles. The van der Waals surface area contributed by atoms with Gasteiger partial charge in [-0.15, -0.1) is 11.3 Å². The topological polar surface area (TPSA) is 107 Å². The van der Waals surface area contributed by atoms with Crippen LogP contribution in [0.1, 0.15) is 44.6 Å². The molecule has 0 saturated carbocycles. The molecular weight excluding hydrogens is 396 g/mol. The van der Waals surface area contributed by atoms with Gasteiger partial charge in [0.15, 0.2) is 5.16 Å². The SMILES string of the molecule is CC(C)Cn1c(S[C@H](C)C(=O)NC(N)=O)nc2sc3c(c2c1=O)CC[C@@H](C)C3. The zero-order valence-corrected chi connectivity index (χ0v) is 18.2. The molecule has 0 aromatic carbocycles. The average Bonchev–Trinajstić information content (AvgIpc) is 2.94. The first kappa shape index (κ1) is 20.9. The van der Waals surface area contributed by atoms with Crippen molar-refractivity contribution < 1.29 is 9.59 Å². The largest absolute Gasteiger partial charge is 0.351 e. The first-order valence-corrected chi connectivity index (χ1v) is 11.2. The predicted molar refractivity (Wildman–Crippen MR) is 113 cm³/mol. The maximum absolute atomic E-state index is 13.4. The summed E-state index contributed by atoms with van der Waals surface area (Å²) >= 11 is 2.77. The molecule has 0 aliphatic heterocycles. The number of aryl methyl sites for hydroxylation is 1. The number of thiophene rings is 1. The van der Waals surface area contributed by atoms with E-state index in [9.17, 15) is 14.4 Å². The monoisotopic (exact) mass is 422 g/mol. The fourth-order valence-electron chi connectivity index (χ4n) is 3.46. The van der Waals surface area contributed by atoms with Crippen LogP contribution in [0.3, 0.4) is 0 Å². The minimum absolute atomic E-state index is 0.0317. The molecule has 0 bridgehead atoms. The Labute approximate surface area is 172 Å².